The summed E-state index contributed by atoms with van der Waals surface area (Å²) in [7, 11) is 0. The molecule has 0 bridgehead atoms. The Morgan fingerprint density at radius 2 is 1.87 bits per heavy atom. The summed E-state index contributed by atoms with van der Waals surface area (Å²) >= 11 is 10.6. The van der Waals surface area contributed by atoms with Gasteiger partial charge >= 0.3 is 5.97 Å². The van der Waals surface area contributed by atoms with Crippen molar-refractivity contribution < 1.29 is 29.6 Å². The van der Waals surface area contributed by atoms with Gasteiger partial charge in [0.05, 0.1) is 35.0 Å². The van der Waals surface area contributed by atoms with Gasteiger partial charge in [0.2, 0.25) is 0 Å². The van der Waals surface area contributed by atoms with Crippen LogP contribution in [-0.2, 0) is 31.1 Å². The third-order valence-electron chi connectivity index (χ3n) is 9.42. The fraction of sp³-hybridized carbons (Fsp3) is 0.333. The number of aromatic nitrogens is 3. The predicted octanol–water partition coefficient (Wildman–Crippen LogP) is 5.93. The molecule has 0 saturated carbocycles. The molecule has 1 aliphatic heterocycles. The first-order chi connectivity index (χ1) is 25.6. The molecule has 2 atom stereocenters. The number of hydrogen-bond acceptors (Lipinski definition) is 10. The number of carbonyl (C=O) groups is 1. The highest BCUT2D eigenvalue weighted by molar-refractivity contribution is 9.10. The van der Waals surface area contributed by atoms with Crippen molar-refractivity contribution in [3.8, 4) is 28.7 Å². The SMILES string of the molecule is CC(CO)(NCc1cc(Cl)c(OCc2cccc(-c3cccc4c3cnn4CCCN3CC[C@@H](O)C3)c2Br)cc1OCc1cncc(C#N)c1)C(=O)O. The Morgan fingerprint density at radius 1 is 1.08 bits per heavy atom. The van der Waals surface area contributed by atoms with Crippen LogP contribution < -0.4 is 14.8 Å². The minimum absolute atomic E-state index is 0.0213. The highest BCUT2D eigenvalue weighted by atomic mass is 79.9. The summed E-state index contributed by atoms with van der Waals surface area (Å²) in [6.45, 7) is 4.38. The fourth-order valence-corrected chi connectivity index (χ4v) is 7.10. The van der Waals surface area contributed by atoms with Crippen molar-refractivity contribution in [3.63, 3.8) is 0 Å². The molecule has 0 radical (unpaired) electrons. The van der Waals surface area contributed by atoms with E-state index in [0.29, 0.717) is 28.2 Å². The van der Waals surface area contributed by atoms with Crippen LogP contribution in [0, 0.1) is 11.3 Å². The normalized spacial score (nSPS) is 15.7. The molecular weight excluding hydrogens is 764 g/mol. The van der Waals surface area contributed by atoms with Crippen LogP contribution >= 0.6 is 27.5 Å². The second-order valence-corrected chi connectivity index (χ2v) is 14.5. The average molecular weight is 804 g/mol. The molecule has 3 aromatic carbocycles. The van der Waals surface area contributed by atoms with Gasteiger partial charge in [0, 0.05) is 77.7 Å². The number of carboxylic acid groups (broad SMARTS) is 1. The number of β-amino-alcohol motifs (C(OH)–C–C–N with tert-alkyl or cyclic N) is 1. The molecule has 0 amide bonds. The van der Waals surface area contributed by atoms with Gasteiger partial charge in [0.15, 0.2) is 0 Å². The largest absolute Gasteiger partial charge is 0.488 e. The molecule has 1 unspecified atom stereocenters. The molecule has 12 nitrogen and oxygen atoms in total. The van der Waals surface area contributed by atoms with Gasteiger partial charge in [-0.15, -0.1) is 0 Å². The van der Waals surface area contributed by atoms with E-state index in [4.69, 9.17) is 26.2 Å². The number of nitrogens with one attached hydrogen (secondary N) is 1. The van der Waals surface area contributed by atoms with Gasteiger partial charge < -0.3 is 29.7 Å². The van der Waals surface area contributed by atoms with E-state index in [-0.39, 0.29) is 30.9 Å². The number of nitriles is 1. The predicted molar refractivity (Wildman–Crippen MR) is 204 cm³/mol. The van der Waals surface area contributed by atoms with Crippen LogP contribution in [0.15, 0.2) is 77.7 Å². The Bertz CT molecular complexity index is 2140. The highest BCUT2D eigenvalue weighted by Gasteiger charge is 2.32. The maximum absolute atomic E-state index is 11.8. The minimum atomic E-state index is -1.59. The first-order valence-electron chi connectivity index (χ1n) is 17.2. The molecule has 4 N–H and O–H groups in total. The van der Waals surface area contributed by atoms with Crippen molar-refractivity contribution in [3.05, 3.63) is 105 Å². The zero-order valence-electron chi connectivity index (χ0n) is 29.1. The zero-order valence-corrected chi connectivity index (χ0v) is 31.5. The number of carboxylic acids is 1. The fourth-order valence-electron chi connectivity index (χ4n) is 6.27. The van der Waals surface area contributed by atoms with Crippen LogP contribution in [0.4, 0.5) is 0 Å². The zero-order chi connectivity index (χ0) is 37.5. The summed E-state index contributed by atoms with van der Waals surface area (Å²) in [5.74, 6) is -0.484. The molecule has 3 heterocycles. The number of hydrogen-bond donors (Lipinski definition) is 4. The van der Waals surface area contributed by atoms with E-state index in [1.807, 2.05) is 35.1 Å². The number of ether oxygens (including phenoxy) is 2. The number of pyridine rings is 1. The summed E-state index contributed by atoms with van der Waals surface area (Å²) in [6.07, 6.45) is 6.51. The molecule has 1 fully saturated rings. The van der Waals surface area contributed by atoms with Gasteiger partial charge in [-0.05, 0) is 65.0 Å². The number of aryl methyl sites for hydroxylation is 1. The second-order valence-electron chi connectivity index (χ2n) is 13.3. The monoisotopic (exact) mass is 802 g/mol. The first kappa shape index (κ1) is 38.2. The lowest BCUT2D eigenvalue weighted by molar-refractivity contribution is -0.145. The molecule has 276 valence electrons. The van der Waals surface area contributed by atoms with Crippen LogP contribution in [0.25, 0.3) is 22.0 Å². The molecule has 0 aliphatic carbocycles. The number of aliphatic hydroxyl groups is 2. The standard InChI is InChI=1S/C39H40BrClN6O6/c1-39(24-48,38(50)51)44-19-28-14-33(41)36(15-35(28)52-22-26-13-25(16-42)17-43-18-26)53-23-27-5-2-7-31(37(27)40)30-6-3-8-34-32(30)20-45-47(34)11-4-10-46-12-9-29(49)21-46/h2-3,5-8,13-15,17-18,20,29,44,48-49H,4,9-12,19,21-24H2,1H3,(H,50,51)/t29-,39?/m1/s1. The van der Waals surface area contributed by atoms with E-state index in [0.717, 1.165) is 71.1 Å². The lowest BCUT2D eigenvalue weighted by Crippen LogP contribution is -2.52. The molecule has 1 aliphatic rings. The van der Waals surface area contributed by atoms with Crippen LogP contribution in [0.1, 0.15) is 42.0 Å². The van der Waals surface area contributed by atoms with Gasteiger partial charge in [-0.2, -0.15) is 10.4 Å². The summed E-state index contributed by atoms with van der Waals surface area (Å²) in [4.78, 5) is 18.2. The van der Waals surface area contributed by atoms with Crippen molar-refractivity contribution in [2.75, 3.05) is 26.2 Å². The second kappa shape index (κ2) is 17.1. The smallest absolute Gasteiger partial charge is 0.326 e. The van der Waals surface area contributed by atoms with Gasteiger partial charge in [-0.1, -0.05) is 41.9 Å². The maximum Gasteiger partial charge on any atom is 0.326 e. The molecular formula is C39H40BrClN6O6. The molecule has 1 saturated heterocycles. The first-order valence-corrected chi connectivity index (χ1v) is 18.4. The van der Waals surface area contributed by atoms with Gasteiger partial charge in [-0.25, -0.2) is 0 Å². The highest BCUT2D eigenvalue weighted by Crippen LogP contribution is 2.38. The Morgan fingerprint density at radius 3 is 2.62 bits per heavy atom. The van der Waals surface area contributed by atoms with E-state index in [2.05, 4.69) is 49.3 Å². The Labute approximate surface area is 320 Å². The van der Waals surface area contributed by atoms with Crippen molar-refractivity contribution in [2.45, 2.75) is 57.7 Å². The lowest BCUT2D eigenvalue weighted by Gasteiger charge is -2.25. The lowest BCUT2D eigenvalue weighted by atomic mass is 10.00. The van der Waals surface area contributed by atoms with E-state index < -0.39 is 18.1 Å². The maximum atomic E-state index is 11.8. The quantitative estimate of drug-likeness (QED) is 0.0935. The number of fused-ring (bicyclic) bond motifs is 1. The molecule has 0 spiro atoms. The van der Waals surface area contributed by atoms with Gasteiger partial charge in [0.1, 0.15) is 36.3 Å². The van der Waals surface area contributed by atoms with Crippen molar-refractivity contribution in [2.24, 2.45) is 0 Å². The van der Waals surface area contributed by atoms with E-state index >= 15 is 0 Å². The number of rotatable bonds is 16. The van der Waals surface area contributed by atoms with Crippen molar-refractivity contribution >= 4 is 44.4 Å². The van der Waals surface area contributed by atoms with E-state index in [9.17, 15) is 25.4 Å². The Kier molecular flexibility index (Phi) is 12.3. The van der Waals surface area contributed by atoms with Crippen LogP contribution in [0.5, 0.6) is 11.5 Å². The summed E-state index contributed by atoms with van der Waals surface area (Å²) in [5.41, 5.74) is 3.94. The Balaban J connectivity index is 1.21. The van der Waals surface area contributed by atoms with Gasteiger partial charge in [0.25, 0.3) is 0 Å². The number of nitrogens with zero attached hydrogens (tertiary/aromatic N) is 5. The minimum Gasteiger partial charge on any atom is -0.488 e. The third kappa shape index (κ3) is 8.98. The summed E-state index contributed by atoms with van der Waals surface area (Å²) in [6, 6.07) is 19.2. The third-order valence-corrected chi connectivity index (χ3v) is 10.7. The number of aliphatic carboxylic acids is 1. The number of benzene rings is 3. The molecule has 2 aromatic heterocycles. The van der Waals surface area contributed by atoms with Crippen LogP contribution in [0.2, 0.25) is 5.02 Å². The van der Waals surface area contributed by atoms with Crippen molar-refractivity contribution in [1.82, 2.24) is 25.0 Å². The molecule has 14 heteroatoms. The van der Waals surface area contributed by atoms with Crippen LogP contribution in [0.3, 0.4) is 0 Å². The molecule has 5 aromatic rings. The summed E-state index contributed by atoms with van der Waals surface area (Å²) < 4.78 is 15.3. The Hall–Kier alpha value is -4.55. The average Bonchev–Trinajstić information content (AvgIpc) is 3.78. The van der Waals surface area contributed by atoms with Crippen LogP contribution in [-0.4, -0.2) is 78.8 Å². The van der Waals surface area contributed by atoms with E-state index in [1.54, 1.807) is 24.4 Å². The molecule has 53 heavy (non-hydrogen) atoms. The number of likely N-dealkylation sites (tertiary alicyclic amines) is 1. The number of aliphatic hydroxyl groups excluding tert-OH is 2. The van der Waals surface area contributed by atoms with E-state index in [1.165, 1.54) is 13.1 Å². The summed E-state index contributed by atoms with van der Waals surface area (Å²) in [5, 5.41) is 47.5. The topological polar surface area (TPSA) is 166 Å². The van der Waals surface area contributed by atoms with Gasteiger partial charge in [-0.3, -0.25) is 19.8 Å². The number of halogens is 2. The molecule has 6 rings (SSSR count). The van der Waals surface area contributed by atoms with Crippen molar-refractivity contribution in [1.29, 1.82) is 5.26 Å².